The molecule has 3 heteroatoms. The first kappa shape index (κ1) is 9.19. The monoisotopic (exact) mass is 189 g/mol. The Hall–Kier alpha value is -1.38. The summed E-state index contributed by atoms with van der Waals surface area (Å²) in [7, 11) is 0. The molecule has 2 aromatic heterocycles. The Morgan fingerprint density at radius 3 is 2.64 bits per heavy atom. The predicted octanol–water partition coefficient (Wildman–Crippen LogP) is 2.34. The van der Waals surface area contributed by atoms with E-state index >= 15 is 0 Å². The molecule has 0 saturated heterocycles. The van der Waals surface area contributed by atoms with Crippen molar-refractivity contribution in [2.45, 2.75) is 33.1 Å². The summed E-state index contributed by atoms with van der Waals surface area (Å²) in [6.45, 7) is 8.49. The Bertz CT molecular complexity index is 463. The molecule has 0 bridgehead atoms. The molecular formula is C11H15N3. The number of imidazole rings is 1. The highest BCUT2D eigenvalue weighted by Crippen LogP contribution is 2.21. The van der Waals surface area contributed by atoms with Crippen LogP contribution in [0.2, 0.25) is 0 Å². The second-order valence-corrected chi connectivity index (χ2v) is 4.59. The summed E-state index contributed by atoms with van der Waals surface area (Å²) < 4.78 is 2.00. The summed E-state index contributed by atoms with van der Waals surface area (Å²) in [6.07, 6.45) is 3.74. The highest BCUT2D eigenvalue weighted by Gasteiger charge is 2.16. The summed E-state index contributed by atoms with van der Waals surface area (Å²) in [4.78, 5) is 8.84. The van der Waals surface area contributed by atoms with Crippen molar-refractivity contribution in [2.75, 3.05) is 0 Å². The zero-order valence-electron chi connectivity index (χ0n) is 9.07. The Kier molecular flexibility index (Phi) is 1.84. The Morgan fingerprint density at radius 2 is 2.00 bits per heavy atom. The second kappa shape index (κ2) is 2.80. The zero-order chi connectivity index (χ0) is 10.3. The molecule has 0 radical (unpaired) electrons. The Balaban J connectivity index is 2.70. The molecule has 2 rings (SSSR count). The van der Waals surface area contributed by atoms with Gasteiger partial charge in [0.2, 0.25) is 0 Å². The van der Waals surface area contributed by atoms with Crippen molar-refractivity contribution in [3.8, 4) is 0 Å². The molecule has 2 aromatic rings. The third-order valence-electron chi connectivity index (χ3n) is 2.33. The van der Waals surface area contributed by atoms with Crippen molar-refractivity contribution in [3.63, 3.8) is 0 Å². The van der Waals surface area contributed by atoms with Gasteiger partial charge in [0, 0.05) is 23.9 Å². The van der Waals surface area contributed by atoms with Gasteiger partial charge in [0.15, 0.2) is 0 Å². The van der Waals surface area contributed by atoms with Gasteiger partial charge < -0.3 is 0 Å². The lowest BCUT2D eigenvalue weighted by Gasteiger charge is -2.18. The van der Waals surface area contributed by atoms with E-state index in [0.717, 1.165) is 17.2 Å². The molecule has 0 N–H and O–H groups in total. The molecular weight excluding hydrogens is 174 g/mol. The highest BCUT2D eigenvalue weighted by atomic mass is 15.1. The smallest absolute Gasteiger partial charge is 0.139 e. The van der Waals surface area contributed by atoms with Gasteiger partial charge in [0.05, 0.1) is 5.69 Å². The van der Waals surface area contributed by atoms with E-state index in [-0.39, 0.29) is 5.41 Å². The van der Waals surface area contributed by atoms with Crippen LogP contribution < -0.4 is 0 Å². The zero-order valence-corrected chi connectivity index (χ0v) is 9.07. The number of fused-ring (bicyclic) bond motifs is 1. The van der Waals surface area contributed by atoms with E-state index in [1.807, 2.05) is 23.6 Å². The van der Waals surface area contributed by atoms with E-state index in [1.54, 1.807) is 6.20 Å². The average molecular weight is 189 g/mol. The van der Waals surface area contributed by atoms with Crippen molar-refractivity contribution >= 4 is 5.65 Å². The maximum Gasteiger partial charge on any atom is 0.139 e. The molecule has 3 nitrogen and oxygen atoms in total. The maximum absolute atomic E-state index is 4.57. The van der Waals surface area contributed by atoms with Crippen molar-refractivity contribution in [2.24, 2.45) is 0 Å². The van der Waals surface area contributed by atoms with Crippen molar-refractivity contribution in [3.05, 3.63) is 30.0 Å². The first-order chi connectivity index (χ1) is 6.48. The van der Waals surface area contributed by atoms with Crippen LogP contribution in [-0.2, 0) is 5.41 Å². The van der Waals surface area contributed by atoms with E-state index < -0.39 is 0 Å². The number of hydrogen-bond acceptors (Lipinski definition) is 2. The fourth-order valence-corrected chi connectivity index (χ4v) is 1.46. The van der Waals surface area contributed by atoms with Gasteiger partial charge >= 0.3 is 0 Å². The third kappa shape index (κ3) is 1.39. The van der Waals surface area contributed by atoms with E-state index in [4.69, 9.17) is 0 Å². The normalized spacial score (nSPS) is 12.3. The summed E-state index contributed by atoms with van der Waals surface area (Å²) in [5, 5.41) is 0. The quantitative estimate of drug-likeness (QED) is 0.636. The van der Waals surface area contributed by atoms with Crippen LogP contribution in [0.1, 0.15) is 32.3 Å². The van der Waals surface area contributed by atoms with E-state index in [2.05, 4.69) is 30.7 Å². The van der Waals surface area contributed by atoms with E-state index in [9.17, 15) is 0 Å². The molecule has 0 atom stereocenters. The van der Waals surface area contributed by atoms with Crippen LogP contribution >= 0.6 is 0 Å². The molecule has 0 fully saturated rings. The topological polar surface area (TPSA) is 30.2 Å². The minimum atomic E-state index is 0.0818. The number of aryl methyl sites for hydroxylation is 1. The van der Waals surface area contributed by atoms with Crippen LogP contribution in [0.4, 0.5) is 0 Å². The lowest BCUT2D eigenvalue weighted by molar-refractivity contribution is 0.564. The SMILES string of the molecule is Cc1nc(C(C)(C)C)cc2nccn12. The van der Waals surface area contributed by atoms with Gasteiger partial charge in [-0.05, 0) is 6.92 Å². The summed E-state index contributed by atoms with van der Waals surface area (Å²) in [5.41, 5.74) is 2.15. The van der Waals surface area contributed by atoms with Gasteiger partial charge in [0.25, 0.3) is 0 Å². The molecule has 0 aliphatic carbocycles. The molecule has 0 aliphatic rings. The standard InChI is InChI=1S/C11H15N3/c1-8-13-9(11(2,3)4)7-10-12-5-6-14(8)10/h5-7H,1-4H3. The first-order valence-corrected chi connectivity index (χ1v) is 4.80. The number of nitrogens with zero attached hydrogens (tertiary/aromatic N) is 3. The number of aromatic nitrogens is 3. The number of hydrogen-bond donors (Lipinski definition) is 0. The minimum absolute atomic E-state index is 0.0818. The van der Waals surface area contributed by atoms with Gasteiger partial charge in [-0.3, -0.25) is 4.40 Å². The lowest BCUT2D eigenvalue weighted by Crippen LogP contribution is -2.15. The first-order valence-electron chi connectivity index (χ1n) is 4.80. The summed E-state index contributed by atoms with van der Waals surface area (Å²) in [6, 6.07) is 2.05. The van der Waals surface area contributed by atoms with Gasteiger partial charge in [-0.1, -0.05) is 20.8 Å². The van der Waals surface area contributed by atoms with Crippen LogP contribution in [0.15, 0.2) is 18.5 Å². The van der Waals surface area contributed by atoms with Crippen molar-refractivity contribution in [1.29, 1.82) is 0 Å². The van der Waals surface area contributed by atoms with Gasteiger partial charge in [-0.15, -0.1) is 0 Å². The van der Waals surface area contributed by atoms with Crippen LogP contribution in [0.3, 0.4) is 0 Å². The fraction of sp³-hybridized carbons (Fsp3) is 0.455. The number of rotatable bonds is 0. The Labute approximate surface area is 83.8 Å². The molecule has 74 valence electrons. The van der Waals surface area contributed by atoms with Gasteiger partial charge in [0.1, 0.15) is 11.5 Å². The van der Waals surface area contributed by atoms with Crippen molar-refractivity contribution < 1.29 is 0 Å². The van der Waals surface area contributed by atoms with Crippen LogP contribution in [-0.4, -0.2) is 14.4 Å². The third-order valence-corrected chi connectivity index (χ3v) is 2.33. The predicted molar refractivity (Wildman–Crippen MR) is 56.4 cm³/mol. The van der Waals surface area contributed by atoms with Crippen LogP contribution in [0.5, 0.6) is 0 Å². The molecule has 0 spiro atoms. The average Bonchev–Trinajstić information content (AvgIpc) is 2.50. The summed E-state index contributed by atoms with van der Waals surface area (Å²) >= 11 is 0. The fourth-order valence-electron chi connectivity index (χ4n) is 1.46. The molecule has 0 unspecified atom stereocenters. The largest absolute Gasteiger partial charge is 0.288 e. The summed E-state index contributed by atoms with van der Waals surface area (Å²) in [5.74, 6) is 0.991. The van der Waals surface area contributed by atoms with E-state index in [0.29, 0.717) is 0 Å². The van der Waals surface area contributed by atoms with Gasteiger partial charge in [-0.25, -0.2) is 9.97 Å². The maximum atomic E-state index is 4.57. The highest BCUT2D eigenvalue weighted by molar-refractivity contribution is 5.41. The minimum Gasteiger partial charge on any atom is -0.288 e. The molecule has 14 heavy (non-hydrogen) atoms. The van der Waals surface area contributed by atoms with Crippen LogP contribution in [0, 0.1) is 6.92 Å². The molecule has 0 saturated carbocycles. The Morgan fingerprint density at radius 1 is 1.29 bits per heavy atom. The van der Waals surface area contributed by atoms with Crippen molar-refractivity contribution in [1.82, 2.24) is 14.4 Å². The molecule has 0 aromatic carbocycles. The second-order valence-electron chi connectivity index (χ2n) is 4.59. The molecule has 0 amide bonds. The van der Waals surface area contributed by atoms with Crippen LogP contribution in [0.25, 0.3) is 5.65 Å². The van der Waals surface area contributed by atoms with Gasteiger partial charge in [-0.2, -0.15) is 0 Å². The van der Waals surface area contributed by atoms with E-state index in [1.165, 1.54) is 0 Å². The molecule has 0 aliphatic heterocycles. The lowest BCUT2D eigenvalue weighted by atomic mass is 9.92. The molecule has 2 heterocycles.